The smallest absolute Gasteiger partial charge is 0.150 e. The van der Waals surface area contributed by atoms with E-state index in [0.29, 0.717) is 5.92 Å². The molecule has 1 aliphatic rings. The van der Waals surface area contributed by atoms with E-state index in [-0.39, 0.29) is 22.2 Å². The van der Waals surface area contributed by atoms with Crippen molar-refractivity contribution < 1.29 is 8.78 Å². The normalized spacial score (nSPS) is 26.3. The van der Waals surface area contributed by atoms with E-state index in [1.165, 1.54) is 0 Å². The van der Waals surface area contributed by atoms with Crippen LogP contribution in [0.1, 0.15) is 33.6 Å². The zero-order valence-electron chi connectivity index (χ0n) is 10.9. The molecule has 0 heterocycles. The molecule has 0 aromatic heterocycles. The maximum absolute atomic E-state index is 13.7. The lowest BCUT2D eigenvalue weighted by molar-refractivity contribution is 0.366. The van der Waals surface area contributed by atoms with Gasteiger partial charge in [0.15, 0.2) is 5.82 Å². The molecule has 1 aromatic carbocycles. The molecule has 4 heteroatoms. The molecule has 1 saturated carbocycles. The van der Waals surface area contributed by atoms with Crippen LogP contribution in [0, 0.1) is 23.0 Å². The fourth-order valence-electron chi connectivity index (χ4n) is 2.95. The fraction of sp³-hybridized carbons (Fsp3) is 0.571. The van der Waals surface area contributed by atoms with E-state index >= 15 is 0 Å². The maximum Gasteiger partial charge on any atom is 0.150 e. The van der Waals surface area contributed by atoms with Crippen molar-refractivity contribution in [2.24, 2.45) is 11.3 Å². The Morgan fingerprint density at radius 2 is 1.94 bits per heavy atom. The third-order valence-electron chi connectivity index (χ3n) is 3.67. The number of hydrogen-bond donors (Lipinski definition) is 1. The lowest BCUT2D eigenvalue weighted by Gasteiger charge is -2.21. The fourth-order valence-corrected chi connectivity index (χ4v) is 3.20. The summed E-state index contributed by atoms with van der Waals surface area (Å²) in [4.78, 5) is 0. The Bertz CT molecular complexity index is 436. The second-order valence-electron chi connectivity index (χ2n) is 6.05. The molecule has 0 bridgehead atoms. The summed E-state index contributed by atoms with van der Waals surface area (Å²) < 4.78 is 26.7. The summed E-state index contributed by atoms with van der Waals surface area (Å²) in [6, 6.07) is 2.17. The van der Waals surface area contributed by atoms with Crippen LogP contribution in [0.25, 0.3) is 0 Å². The molecular formula is C14H18ClF2N. The van der Waals surface area contributed by atoms with E-state index in [0.717, 1.165) is 25.0 Å². The maximum atomic E-state index is 13.7. The summed E-state index contributed by atoms with van der Waals surface area (Å²) in [6.45, 7) is 6.55. The molecule has 0 radical (unpaired) electrons. The minimum Gasteiger partial charge on any atom is -0.378 e. The first-order chi connectivity index (χ1) is 8.28. The molecule has 0 aliphatic heterocycles. The van der Waals surface area contributed by atoms with Gasteiger partial charge in [-0.2, -0.15) is 0 Å². The van der Waals surface area contributed by atoms with Crippen molar-refractivity contribution in [1.29, 1.82) is 0 Å². The lowest BCUT2D eigenvalue weighted by atomic mass is 9.91. The Hall–Kier alpha value is -0.830. The van der Waals surface area contributed by atoms with Gasteiger partial charge in [-0.3, -0.25) is 0 Å². The Morgan fingerprint density at radius 1 is 1.28 bits per heavy atom. The molecule has 0 amide bonds. The van der Waals surface area contributed by atoms with Crippen LogP contribution in [-0.2, 0) is 0 Å². The molecule has 18 heavy (non-hydrogen) atoms. The molecule has 0 saturated heterocycles. The highest BCUT2D eigenvalue weighted by Gasteiger charge is 2.37. The monoisotopic (exact) mass is 273 g/mol. The van der Waals surface area contributed by atoms with Gasteiger partial charge in [-0.25, -0.2) is 8.78 Å². The summed E-state index contributed by atoms with van der Waals surface area (Å²) in [6.07, 6.45) is 2.05. The minimum atomic E-state index is -0.650. The first kappa shape index (κ1) is 13.6. The van der Waals surface area contributed by atoms with Crippen LogP contribution in [0.5, 0.6) is 0 Å². The molecule has 1 aromatic rings. The molecule has 1 N–H and O–H groups in total. The minimum absolute atomic E-state index is 0.101. The summed E-state index contributed by atoms with van der Waals surface area (Å²) in [5.74, 6) is -0.833. The highest BCUT2D eigenvalue weighted by atomic mass is 35.5. The van der Waals surface area contributed by atoms with Crippen molar-refractivity contribution in [2.45, 2.75) is 39.7 Å². The molecule has 0 spiro atoms. The molecule has 2 unspecified atom stereocenters. The number of benzene rings is 1. The molecule has 1 nitrogen and oxygen atoms in total. The highest BCUT2D eigenvalue weighted by molar-refractivity contribution is 6.33. The summed E-state index contributed by atoms with van der Waals surface area (Å²) in [7, 11) is 0. The van der Waals surface area contributed by atoms with E-state index in [9.17, 15) is 8.78 Å². The molecular weight excluding hydrogens is 256 g/mol. The zero-order valence-corrected chi connectivity index (χ0v) is 11.6. The van der Waals surface area contributed by atoms with E-state index in [2.05, 4.69) is 26.1 Å². The van der Waals surface area contributed by atoms with Crippen LogP contribution in [0.15, 0.2) is 12.1 Å². The van der Waals surface area contributed by atoms with Gasteiger partial charge in [0.2, 0.25) is 0 Å². The topological polar surface area (TPSA) is 12.0 Å². The Balaban J connectivity index is 2.20. The summed E-state index contributed by atoms with van der Waals surface area (Å²) >= 11 is 5.89. The first-order valence-electron chi connectivity index (χ1n) is 6.19. The molecule has 1 fully saturated rings. The Labute approximate surface area is 112 Å². The van der Waals surface area contributed by atoms with Crippen LogP contribution >= 0.6 is 11.6 Å². The molecule has 2 rings (SSSR count). The average Bonchev–Trinajstić information content (AvgIpc) is 2.45. The van der Waals surface area contributed by atoms with Crippen molar-refractivity contribution in [1.82, 2.24) is 0 Å². The third kappa shape index (κ3) is 2.77. The molecule has 2 atom stereocenters. The number of nitrogens with one attached hydrogen (secondary N) is 1. The molecule has 100 valence electrons. The Morgan fingerprint density at radius 3 is 2.44 bits per heavy atom. The first-order valence-corrected chi connectivity index (χ1v) is 6.57. The second kappa shape index (κ2) is 4.69. The van der Waals surface area contributed by atoms with Crippen molar-refractivity contribution in [3.63, 3.8) is 0 Å². The van der Waals surface area contributed by atoms with Crippen LogP contribution in [0.2, 0.25) is 5.02 Å². The van der Waals surface area contributed by atoms with Gasteiger partial charge in [0, 0.05) is 12.1 Å². The predicted molar refractivity (Wildman–Crippen MR) is 71.0 cm³/mol. The predicted octanol–water partition coefficient (Wildman–Crippen LogP) is 4.85. The van der Waals surface area contributed by atoms with Crippen LogP contribution in [-0.4, -0.2) is 6.04 Å². The number of anilines is 1. The highest BCUT2D eigenvalue weighted by Crippen LogP contribution is 2.43. The van der Waals surface area contributed by atoms with Crippen molar-refractivity contribution in [3.8, 4) is 0 Å². The van der Waals surface area contributed by atoms with E-state index in [1.807, 2.05) is 0 Å². The van der Waals surface area contributed by atoms with Crippen molar-refractivity contribution >= 4 is 17.3 Å². The largest absolute Gasteiger partial charge is 0.378 e. The summed E-state index contributed by atoms with van der Waals surface area (Å²) in [5.41, 5.74) is 0.465. The number of hydrogen-bond acceptors (Lipinski definition) is 1. The number of halogens is 3. The zero-order chi connectivity index (χ0) is 13.5. The van der Waals surface area contributed by atoms with E-state index in [4.69, 9.17) is 11.6 Å². The van der Waals surface area contributed by atoms with Gasteiger partial charge in [0.1, 0.15) is 5.82 Å². The van der Waals surface area contributed by atoms with Crippen LogP contribution in [0.4, 0.5) is 14.5 Å². The lowest BCUT2D eigenvalue weighted by Crippen LogP contribution is -2.23. The van der Waals surface area contributed by atoms with Crippen molar-refractivity contribution in [2.75, 3.05) is 5.32 Å². The van der Waals surface area contributed by atoms with Gasteiger partial charge in [-0.15, -0.1) is 0 Å². The van der Waals surface area contributed by atoms with E-state index in [1.54, 1.807) is 0 Å². The van der Waals surface area contributed by atoms with Crippen molar-refractivity contribution in [3.05, 3.63) is 28.8 Å². The SMILES string of the molecule is CC1CC(C)(C)CC1Nc1c(F)cc(F)cc1Cl. The van der Waals surface area contributed by atoms with Gasteiger partial charge >= 0.3 is 0 Å². The van der Waals surface area contributed by atoms with Crippen LogP contribution < -0.4 is 5.32 Å². The van der Waals surface area contributed by atoms with Crippen LogP contribution in [0.3, 0.4) is 0 Å². The van der Waals surface area contributed by atoms with Gasteiger partial charge in [0.25, 0.3) is 0 Å². The average molecular weight is 274 g/mol. The van der Waals surface area contributed by atoms with Gasteiger partial charge in [0.05, 0.1) is 10.7 Å². The van der Waals surface area contributed by atoms with Gasteiger partial charge in [-0.05, 0) is 30.2 Å². The van der Waals surface area contributed by atoms with E-state index < -0.39 is 11.6 Å². The quantitative estimate of drug-likeness (QED) is 0.812. The van der Waals surface area contributed by atoms with Gasteiger partial charge < -0.3 is 5.32 Å². The Kier molecular flexibility index (Phi) is 3.54. The third-order valence-corrected chi connectivity index (χ3v) is 3.97. The molecule has 1 aliphatic carbocycles. The second-order valence-corrected chi connectivity index (χ2v) is 6.45. The standard InChI is InChI=1S/C14H18ClF2N/c1-8-6-14(2,3)7-12(8)18-13-10(15)4-9(16)5-11(13)17/h4-5,8,12,18H,6-7H2,1-3H3. The van der Waals surface area contributed by atoms with Gasteiger partial charge in [-0.1, -0.05) is 32.4 Å². The summed E-state index contributed by atoms with van der Waals surface area (Å²) in [5, 5.41) is 3.24. The number of rotatable bonds is 2.